The molecule has 2 rings (SSSR count). The van der Waals surface area contributed by atoms with Crippen LogP contribution in [0.5, 0.6) is 5.75 Å². The minimum Gasteiger partial charge on any atom is -0.481 e. The van der Waals surface area contributed by atoms with Gasteiger partial charge in [0.2, 0.25) is 0 Å². The van der Waals surface area contributed by atoms with E-state index in [0.717, 1.165) is 0 Å². The molecule has 2 amide bonds. The highest BCUT2D eigenvalue weighted by molar-refractivity contribution is 6.35. The normalized spacial score (nSPS) is 10.1. The average molecular weight is 397 g/mol. The molecule has 0 bridgehead atoms. The van der Waals surface area contributed by atoms with Gasteiger partial charge in [-0.25, -0.2) is 4.79 Å². The van der Waals surface area contributed by atoms with Crippen molar-refractivity contribution in [3.63, 3.8) is 0 Å². The van der Waals surface area contributed by atoms with E-state index in [1.807, 2.05) is 0 Å². The van der Waals surface area contributed by atoms with Gasteiger partial charge in [-0.05, 0) is 30.3 Å². The van der Waals surface area contributed by atoms with Crippen molar-refractivity contribution in [2.75, 3.05) is 18.5 Å². The number of nitrogens with one attached hydrogen (secondary N) is 1. The summed E-state index contributed by atoms with van der Waals surface area (Å²) in [5.41, 5.74) is 5.71. The number of ether oxygens (including phenoxy) is 2. The van der Waals surface area contributed by atoms with Crippen LogP contribution in [0.15, 0.2) is 42.5 Å². The van der Waals surface area contributed by atoms with Crippen molar-refractivity contribution in [2.45, 2.75) is 0 Å². The molecule has 0 fully saturated rings. The Morgan fingerprint density at radius 3 is 2.31 bits per heavy atom. The number of halogens is 2. The highest BCUT2D eigenvalue weighted by atomic mass is 35.5. The van der Waals surface area contributed by atoms with Crippen LogP contribution in [0.1, 0.15) is 10.4 Å². The molecule has 0 spiro atoms. The van der Waals surface area contributed by atoms with Crippen LogP contribution < -0.4 is 15.8 Å². The Labute approximate surface area is 159 Å². The lowest BCUT2D eigenvalue weighted by molar-refractivity contribution is -0.149. The van der Waals surface area contributed by atoms with Gasteiger partial charge < -0.3 is 20.5 Å². The first-order valence-corrected chi connectivity index (χ1v) is 8.04. The van der Waals surface area contributed by atoms with E-state index in [2.05, 4.69) is 5.32 Å². The van der Waals surface area contributed by atoms with Gasteiger partial charge in [0.15, 0.2) is 13.2 Å². The van der Waals surface area contributed by atoms with E-state index >= 15 is 0 Å². The standard InChI is InChI=1S/C17H14Cl2N2O5/c18-10-5-11(19)7-12(6-10)21-15(22)8-26-16(23)9-25-14-4-2-1-3-13(14)17(20)24/h1-7H,8-9H2,(H2,20,24)(H,21,22). The zero-order chi connectivity index (χ0) is 19.1. The smallest absolute Gasteiger partial charge is 0.344 e. The summed E-state index contributed by atoms with van der Waals surface area (Å²) in [6.07, 6.45) is 0. The Hall–Kier alpha value is -2.77. The number of carbonyl (C=O) groups excluding carboxylic acids is 3. The van der Waals surface area contributed by atoms with Crippen molar-refractivity contribution >= 4 is 46.7 Å². The molecule has 0 unspecified atom stereocenters. The van der Waals surface area contributed by atoms with Crippen LogP contribution in [0.25, 0.3) is 0 Å². The molecule has 3 N–H and O–H groups in total. The average Bonchev–Trinajstić information content (AvgIpc) is 2.57. The maximum atomic E-state index is 11.8. The Kier molecular flexibility index (Phi) is 6.82. The molecular formula is C17H14Cl2N2O5. The van der Waals surface area contributed by atoms with Crippen molar-refractivity contribution in [3.05, 3.63) is 58.1 Å². The van der Waals surface area contributed by atoms with Crippen molar-refractivity contribution < 1.29 is 23.9 Å². The predicted molar refractivity (Wildman–Crippen MR) is 96.5 cm³/mol. The summed E-state index contributed by atoms with van der Waals surface area (Å²) >= 11 is 11.7. The van der Waals surface area contributed by atoms with Gasteiger partial charge in [-0.2, -0.15) is 0 Å². The number of benzene rings is 2. The van der Waals surface area contributed by atoms with Gasteiger partial charge in [0.25, 0.3) is 11.8 Å². The molecule has 9 heteroatoms. The Balaban J connectivity index is 1.81. The second-order valence-corrected chi connectivity index (χ2v) is 5.89. The zero-order valence-electron chi connectivity index (χ0n) is 13.3. The monoisotopic (exact) mass is 396 g/mol. The van der Waals surface area contributed by atoms with Crippen LogP contribution in [-0.2, 0) is 14.3 Å². The molecule has 2 aromatic carbocycles. The topological polar surface area (TPSA) is 108 Å². The number of nitrogens with two attached hydrogens (primary N) is 1. The van der Waals surface area contributed by atoms with Crippen LogP contribution in [0.2, 0.25) is 10.0 Å². The molecule has 0 aromatic heterocycles. The van der Waals surface area contributed by atoms with E-state index in [-0.39, 0.29) is 11.3 Å². The molecule has 0 radical (unpaired) electrons. The third kappa shape index (κ3) is 5.94. The van der Waals surface area contributed by atoms with Gasteiger partial charge in [-0.1, -0.05) is 35.3 Å². The number of esters is 1. The summed E-state index contributed by atoms with van der Waals surface area (Å²) in [4.78, 5) is 34.7. The summed E-state index contributed by atoms with van der Waals surface area (Å²) in [6.45, 7) is -1.01. The molecule has 0 heterocycles. The SMILES string of the molecule is NC(=O)c1ccccc1OCC(=O)OCC(=O)Nc1cc(Cl)cc(Cl)c1. The molecule has 0 atom stereocenters. The number of rotatable bonds is 7. The van der Waals surface area contributed by atoms with Crippen LogP contribution in [0, 0.1) is 0 Å². The van der Waals surface area contributed by atoms with Crippen molar-refractivity contribution in [2.24, 2.45) is 5.73 Å². The predicted octanol–water partition coefficient (Wildman–Crippen LogP) is 2.65. The molecule has 2 aromatic rings. The third-order valence-corrected chi connectivity index (χ3v) is 3.45. The summed E-state index contributed by atoms with van der Waals surface area (Å²) in [5.74, 6) is -1.90. The highest BCUT2D eigenvalue weighted by Gasteiger charge is 2.12. The van der Waals surface area contributed by atoms with E-state index in [1.165, 1.54) is 30.3 Å². The van der Waals surface area contributed by atoms with E-state index < -0.39 is 31.0 Å². The van der Waals surface area contributed by atoms with Gasteiger partial charge in [-0.3, -0.25) is 9.59 Å². The van der Waals surface area contributed by atoms with E-state index in [4.69, 9.17) is 38.4 Å². The van der Waals surface area contributed by atoms with Crippen LogP contribution in [0.3, 0.4) is 0 Å². The van der Waals surface area contributed by atoms with Gasteiger partial charge in [0.1, 0.15) is 5.75 Å². The Morgan fingerprint density at radius 1 is 1.00 bits per heavy atom. The van der Waals surface area contributed by atoms with E-state index in [0.29, 0.717) is 15.7 Å². The summed E-state index contributed by atoms with van der Waals surface area (Å²) in [6, 6.07) is 10.7. The molecule has 26 heavy (non-hydrogen) atoms. The maximum absolute atomic E-state index is 11.8. The second-order valence-electron chi connectivity index (χ2n) is 5.02. The number of amides is 2. The summed E-state index contributed by atoms with van der Waals surface area (Å²) in [7, 11) is 0. The number of hydrogen-bond acceptors (Lipinski definition) is 5. The number of hydrogen-bond donors (Lipinski definition) is 2. The van der Waals surface area contributed by atoms with Gasteiger partial charge in [-0.15, -0.1) is 0 Å². The number of anilines is 1. The molecule has 0 aliphatic rings. The van der Waals surface area contributed by atoms with Gasteiger partial charge in [0.05, 0.1) is 5.56 Å². The molecule has 0 saturated carbocycles. The highest BCUT2D eigenvalue weighted by Crippen LogP contribution is 2.22. The third-order valence-electron chi connectivity index (χ3n) is 3.01. The lowest BCUT2D eigenvalue weighted by Crippen LogP contribution is -2.24. The minimum atomic E-state index is -0.788. The van der Waals surface area contributed by atoms with Crippen LogP contribution in [0.4, 0.5) is 5.69 Å². The first kappa shape index (κ1) is 19.6. The molecule has 0 aliphatic heterocycles. The first-order valence-electron chi connectivity index (χ1n) is 7.28. The van der Waals surface area contributed by atoms with Crippen molar-refractivity contribution in [1.82, 2.24) is 0 Å². The second kappa shape index (κ2) is 9.07. The van der Waals surface area contributed by atoms with Gasteiger partial charge in [0, 0.05) is 15.7 Å². The molecule has 136 valence electrons. The lowest BCUT2D eigenvalue weighted by Gasteiger charge is -2.10. The fraction of sp³-hybridized carbons (Fsp3) is 0.118. The number of primary amides is 1. The van der Waals surface area contributed by atoms with Crippen molar-refractivity contribution in [3.8, 4) is 5.75 Å². The first-order chi connectivity index (χ1) is 12.3. The van der Waals surface area contributed by atoms with Crippen LogP contribution >= 0.6 is 23.2 Å². The quantitative estimate of drug-likeness (QED) is 0.699. The number of para-hydroxylation sites is 1. The van der Waals surface area contributed by atoms with Crippen LogP contribution in [-0.4, -0.2) is 31.0 Å². The van der Waals surface area contributed by atoms with E-state index in [9.17, 15) is 14.4 Å². The fourth-order valence-electron chi connectivity index (χ4n) is 1.94. The summed E-state index contributed by atoms with van der Waals surface area (Å²) < 4.78 is 10.0. The Bertz CT molecular complexity index is 821. The fourth-order valence-corrected chi connectivity index (χ4v) is 2.47. The minimum absolute atomic E-state index is 0.135. The summed E-state index contributed by atoms with van der Waals surface area (Å²) in [5, 5.41) is 3.20. The lowest BCUT2D eigenvalue weighted by atomic mass is 10.2. The van der Waals surface area contributed by atoms with Gasteiger partial charge >= 0.3 is 5.97 Å². The molecule has 0 aliphatic carbocycles. The largest absolute Gasteiger partial charge is 0.481 e. The molecule has 0 saturated heterocycles. The molecular weight excluding hydrogens is 383 g/mol. The molecule has 7 nitrogen and oxygen atoms in total. The zero-order valence-corrected chi connectivity index (χ0v) is 14.8. The maximum Gasteiger partial charge on any atom is 0.344 e. The number of carbonyl (C=O) groups is 3. The van der Waals surface area contributed by atoms with Crippen molar-refractivity contribution in [1.29, 1.82) is 0 Å². The van der Waals surface area contributed by atoms with E-state index in [1.54, 1.807) is 12.1 Å². The Morgan fingerprint density at radius 2 is 1.65 bits per heavy atom.